The van der Waals surface area contributed by atoms with E-state index in [0.717, 1.165) is 5.69 Å². The number of rotatable bonds is 5. The Morgan fingerprint density at radius 3 is 2.71 bits per heavy atom. The number of ether oxygens (including phenoxy) is 2. The molecular formula is C19H25N5O4. The predicted molar refractivity (Wildman–Crippen MR) is 106 cm³/mol. The zero-order valence-electron chi connectivity index (χ0n) is 15.8. The average Bonchev–Trinajstić information content (AvgIpc) is 3.24. The Morgan fingerprint density at radius 2 is 1.96 bits per heavy atom. The van der Waals surface area contributed by atoms with Crippen molar-refractivity contribution >= 4 is 24.2 Å². The molecule has 1 fully saturated rings. The van der Waals surface area contributed by atoms with E-state index in [9.17, 15) is 10.2 Å². The summed E-state index contributed by atoms with van der Waals surface area (Å²) in [6, 6.07) is 9.36. The highest BCUT2D eigenvalue weighted by Gasteiger charge is 2.50. The molecule has 3 aliphatic heterocycles. The third kappa shape index (κ3) is 3.66. The van der Waals surface area contributed by atoms with Gasteiger partial charge in [-0.25, -0.2) is 9.98 Å². The number of nitrogens with one attached hydrogen (secondary N) is 1. The number of aliphatic hydroxyl groups excluding tert-OH is 2. The van der Waals surface area contributed by atoms with Crippen LogP contribution >= 0.6 is 0 Å². The maximum absolute atomic E-state index is 10.5. The highest BCUT2D eigenvalue weighted by atomic mass is 16.6. The third-order valence-electron chi connectivity index (χ3n) is 4.92. The summed E-state index contributed by atoms with van der Waals surface area (Å²) >= 11 is 0. The number of hydrogen-bond donors (Lipinski definition) is 3. The maximum Gasteiger partial charge on any atom is 0.162 e. The molecule has 3 N–H and O–H groups in total. The molecule has 0 aliphatic carbocycles. The van der Waals surface area contributed by atoms with Crippen molar-refractivity contribution in [2.75, 3.05) is 11.9 Å². The number of aliphatic imine (C=N–C) groups is 3. The smallest absolute Gasteiger partial charge is 0.162 e. The zero-order chi connectivity index (χ0) is 19.7. The van der Waals surface area contributed by atoms with E-state index >= 15 is 0 Å². The largest absolute Gasteiger partial charge is 0.387 e. The molecule has 4 rings (SSSR count). The highest BCUT2D eigenvalue weighted by molar-refractivity contribution is 6.05. The monoisotopic (exact) mass is 387 g/mol. The van der Waals surface area contributed by atoms with E-state index in [4.69, 9.17) is 9.47 Å². The minimum atomic E-state index is -1.09. The number of amidine groups is 1. The molecule has 3 heterocycles. The van der Waals surface area contributed by atoms with E-state index < -0.39 is 30.7 Å². The van der Waals surface area contributed by atoms with E-state index in [1.165, 1.54) is 6.34 Å². The molecule has 28 heavy (non-hydrogen) atoms. The first-order valence-corrected chi connectivity index (χ1v) is 9.40. The van der Waals surface area contributed by atoms with Crippen LogP contribution in [0.3, 0.4) is 0 Å². The van der Waals surface area contributed by atoms with E-state index in [1.54, 1.807) is 11.2 Å². The second-order valence-electron chi connectivity index (χ2n) is 7.27. The minimum absolute atomic E-state index is 0.00972. The summed E-state index contributed by atoms with van der Waals surface area (Å²) in [6.07, 6.45) is -0.820. The van der Waals surface area contributed by atoms with Gasteiger partial charge in [-0.3, -0.25) is 4.99 Å². The van der Waals surface area contributed by atoms with E-state index in [0.29, 0.717) is 5.84 Å². The first-order chi connectivity index (χ1) is 13.5. The van der Waals surface area contributed by atoms with Crippen molar-refractivity contribution in [1.29, 1.82) is 0 Å². The van der Waals surface area contributed by atoms with Gasteiger partial charge in [0.2, 0.25) is 0 Å². The number of benzene rings is 1. The summed E-state index contributed by atoms with van der Waals surface area (Å²) in [5.74, 6) is 0.665. The molecule has 0 spiro atoms. The molecule has 0 amide bonds. The van der Waals surface area contributed by atoms with Gasteiger partial charge in [0.15, 0.2) is 12.4 Å². The maximum atomic E-state index is 10.5. The van der Waals surface area contributed by atoms with Gasteiger partial charge in [0.25, 0.3) is 0 Å². The van der Waals surface area contributed by atoms with Gasteiger partial charge in [-0.05, 0) is 26.0 Å². The Morgan fingerprint density at radius 1 is 1.18 bits per heavy atom. The van der Waals surface area contributed by atoms with Crippen LogP contribution < -0.4 is 5.32 Å². The standard InChI is InChI=1S/C19H25N5O4/c1-11(2)27-8-13-15(25)16(26)19(28-13)24-10-22-14-17(20-9-21-18(14)24)23-12-6-4-3-5-7-12/h3-7,9-11,13-16,18-19,25-26H,8H2,1-2H3,(H,20,21,23)/t13-,14?,15-,16-,18-,19-/m1/s1. The van der Waals surface area contributed by atoms with Crippen molar-refractivity contribution in [3.8, 4) is 0 Å². The van der Waals surface area contributed by atoms with Crippen molar-refractivity contribution in [3.63, 3.8) is 0 Å². The van der Waals surface area contributed by atoms with Gasteiger partial charge in [-0.1, -0.05) is 18.2 Å². The van der Waals surface area contributed by atoms with E-state index in [2.05, 4.69) is 20.3 Å². The van der Waals surface area contributed by atoms with Gasteiger partial charge in [0, 0.05) is 5.69 Å². The van der Waals surface area contributed by atoms with Crippen LogP contribution in [0.2, 0.25) is 0 Å². The number of anilines is 1. The lowest BCUT2D eigenvalue weighted by molar-refractivity contribution is -0.0929. The molecule has 0 aromatic heterocycles. The Hall–Kier alpha value is -2.33. The van der Waals surface area contributed by atoms with Crippen molar-refractivity contribution in [3.05, 3.63) is 30.3 Å². The molecule has 3 aliphatic rings. The molecule has 0 saturated carbocycles. The first kappa shape index (κ1) is 19.0. The quantitative estimate of drug-likeness (QED) is 0.676. The molecule has 9 heteroatoms. The Labute approximate surface area is 163 Å². The summed E-state index contributed by atoms with van der Waals surface area (Å²) in [6.45, 7) is 4.02. The Kier molecular flexibility index (Phi) is 5.40. The SMILES string of the molecule is CC(C)OC[C@H]1O[C@@H](N2C=NC3C(Nc4ccccc4)=NC=N[C@@H]32)[C@H](O)[C@@H]1O. The number of aliphatic hydroxyl groups is 2. The summed E-state index contributed by atoms with van der Waals surface area (Å²) in [5, 5.41) is 24.1. The van der Waals surface area contributed by atoms with Crippen LogP contribution in [-0.2, 0) is 9.47 Å². The average molecular weight is 387 g/mol. The molecule has 0 radical (unpaired) electrons. The lowest BCUT2D eigenvalue weighted by Gasteiger charge is -2.32. The summed E-state index contributed by atoms with van der Waals surface area (Å²) in [4.78, 5) is 15.0. The van der Waals surface area contributed by atoms with Gasteiger partial charge in [-0.2, -0.15) is 0 Å². The molecule has 1 unspecified atom stereocenters. The van der Waals surface area contributed by atoms with Crippen LogP contribution in [0.4, 0.5) is 5.69 Å². The van der Waals surface area contributed by atoms with Gasteiger partial charge >= 0.3 is 0 Å². The highest BCUT2D eigenvalue weighted by Crippen LogP contribution is 2.30. The van der Waals surface area contributed by atoms with Crippen molar-refractivity contribution in [2.45, 2.75) is 56.7 Å². The molecule has 0 bridgehead atoms. The molecular weight excluding hydrogens is 362 g/mol. The molecule has 6 atom stereocenters. The molecule has 1 saturated heterocycles. The fraction of sp³-hybridized carbons (Fsp3) is 0.526. The summed E-state index contributed by atoms with van der Waals surface area (Å²) in [7, 11) is 0. The van der Waals surface area contributed by atoms with Crippen LogP contribution in [0.25, 0.3) is 0 Å². The summed E-state index contributed by atoms with van der Waals surface area (Å²) < 4.78 is 11.4. The normalized spacial score (nSPS) is 34.0. The molecule has 150 valence electrons. The van der Waals surface area contributed by atoms with E-state index in [1.807, 2.05) is 44.2 Å². The number of fused-ring (bicyclic) bond motifs is 1. The van der Waals surface area contributed by atoms with Crippen molar-refractivity contribution < 1.29 is 19.7 Å². The van der Waals surface area contributed by atoms with E-state index in [-0.39, 0.29) is 18.8 Å². The van der Waals surface area contributed by atoms with Gasteiger partial charge in [0.1, 0.15) is 36.5 Å². The van der Waals surface area contributed by atoms with Crippen LogP contribution in [0.5, 0.6) is 0 Å². The van der Waals surface area contributed by atoms with Crippen LogP contribution in [-0.4, -0.2) is 83.1 Å². The summed E-state index contributed by atoms with van der Waals surface area (Å²) in [5.41, 5.74) is 0.905. The lowest BCUT2D eigenvalue weighted by atomic mass is 10.1. The number of hydrogen-bond acceptors (Lipinski definition) is 9. The Balaban J connectivity index is 1.45. The molecule has 1 aromatic carbocycles. The van der Waals surface area contributed by atoms with Crippen LogP contribution in [0.1, 0.15) is 13.8 Å². The topological polar surface area (TPSA) is 111 Å². The Bertz CT molecular complexity index is 769. The third-order valence-corrected chi connectivity index (χ3v) is 4.92. The van der Waals surface area contributed by atoms with Crippen LogP contribution in [0, 0.1) is 0 Å². The second-order valence-corrected chi connectivity index (χ2v) is 7.27. The lowest BCUT2D eigenvalue weighted by Crippen LogP contribution is -2.51. The number of para-hydroxylation sites is 1. The second kappa shape index (κ2) is 7.96. The minimum Gasteiger partial charge on any atom is -0.387 e. The van der Waals surface area contributed by atoms with Gasteiger partial charge in [0.05, 0.1) is 19.0 Å². The van der Waals surface area contributed by atoms with Crippen molar-refractivity contribution in [2.24, 2.45) is 15.0 Å². The fourth-order valence-electron chi connectivity index (χ4n) is 3.46. The number of nitrogens with zero attached hydrogens (tertiary/aromatic N) is 4. The van der Waals surface area contributed by atoms with Crippen LogP contribution in [0.15, 0.2) is 45.3 Å². The van der Waals surface area contributed by atoms with Gasteiger partial charge < -0.3 is 29.9 Å². The van der Waals surface area contributed by atoms with Gasteiger partial charge in [-0.15, -0.1) is 0 Å². The fourth-order valence-corrected chi connectivity index (χ4v) is 3.46. The zero-order valence-corrected chi connectivity index (χ0v) is 15.8. The molecule has 1 aromatic rings. The first-order valence-electron chi connectivity index (χ1n) is 9.40. The predicted octanol–water partition coefficient (Wildman–Crippen LogP) is 0.449. The molecule has 9 nitrogen and oxygen atoms in total. The van der Waals surface area contributed by atoms with Crippen molar-refractivity contribution in [1.82, 2.24) is 4.90 Å².